The predicted octanol–water partition coefficient (Wildman–Crippen LogP) is 1.48. The fourth-order valence-electron chi connectivity index (χ4n) is 1.10. The zero-order chi connectivity index (χ0) is 8.43. The molecule has 1 heterocycles. The largest absolute Gasteiger partial charge is 0.331 e. The van der Waals surface area contributed by atoms with Crippen molar-refractivity contribution in [3.05, 3.63) is 18.2 Å². The van der Waals surface area contributed by atoms with E-state index in [9.17, 15) is 0 Å². The van der Waals surface area contributed by atoms with Crippen LogP contribution in [0.25, 0.3) is 0 Å². The fraction of sp³-hybridized carbons (Fsp3) is 0.625. The molecular formula is C8H15N3. The van der Waals surface area contributed by atoms with Crippen LogP contribution in [-0.2, 0) is 0 Å². The second-order valence-electron chi connectivity index (χ2n) is 3.11. The van der Waals surface area contributed by atoms with Gasteiger partial charge in [0.1, 0.15) is 0 Å². The van der Waals surface area contributed by atoms with Crippen molar-refractivity contribution in [3.63, 3.8) is 0 Å². The van der Waals surface area contributed by atoms with E-state index in [2.05, 4.69) is 23.4 Å². The van der Waals surface area contributed by atoms with E-state index < -0.39 is 0 Å². The van der Waals surface area contributed by atoms with Crippen molar-refractivity contribution < 1.29 is 0 Å². The Hall–Kier alpha value is -0.830. The van der Waals surface area contributed by atoms with Crippen LogP contribution in [0.1, 0.15) is 38.5 Å². The number of imidazole rings is 1. The number of rotatable bonds is 2. The molecule has 0 aliphatic rings. The maximum Gasteiger partial charge on any atom is 0.0951 e. The highest BCUT2D eigenvalue weighted by atomic mass is 15.1. The van der Waals surface area contributed by atoms with Crippen molar-refractivity contribution in [2.45, 2.75) is 32.9 Å². The molecule has 0 saturated heterocycles. The Balaban J connectivity index is 2.96. The lowest BCUT2D eigenvalue weighted by atomic mass is 10.2. The molecule has 1 atom stereocenters. The summed E-state index contributed by atoms with van der Waals surface area (Å²) in [5.41, 5.74) is 6.83. The first-order chi connectivity index (χ1) is 5.13. The van der Waals surface area contributed by atoms with E-state index in [-0.39, 0.29) is 6.04 Å². The highest BCUT2D eigenvalue weighted by Gasteiger charge is 2.07. The second kappa shape index (κ2) is 3.05. The summed E-state index contributed by atoms with van der Waals surface area (Å²) in [6.45, 7) is 6.21. The van der Waals surface area contributed by atoms with Gasteiger partial charge in [-0.05, 0) is 20.8 Å². The van der Waals surface area contributed by atoms with Gasteiger partial charge in [-0.1, -0.05) is 0 Å². The molecule has 1 rings (SSSR count). The molecule has 62 valence electrons. The van der Waals surface area contributed by atoms with Crippen LogP contribution in [0.5, 0.6) is 0 Å². The average Bonchev–Trinajstić information content (AvgIpc) is 2.32. The lowest BCUT2D eigenvalue weighted by molar-refractivity contribution is 0.553. The summed E-state index contributed by atoms with van der Waals surface area (Å²) in [6.07, 6.45) is 3.65. The number of nitrogens with two attached hydrogens (primary N) is 1. The molecule has 0 radical (unpaired) electrons. The number of aromatic nitrogens is 2. The molecule has 0 aromatic carbocycles. The molecule has 1 unspecified atom stereocenters. The third-order valence-corrected chi connectivity index (χ3v) is 1.72. The highest BCUT2D eigenvalue weighted by Crippen LogP contribution is 2.13. The quantitative estimate of drug-likeness (QED) is 0.699. The molecule has 0 amide bonds. The average molecular weight is 153 g/mol. The third kappa shape index (κ3) is 1.60. The van der Waals surface area contributed by atoms with Gasteiger partial charge >= 0.3 is 0 Å². The lowest BCUT2D eigenvalue weighted by Gasteiger charge is -2.13. The van der Waals surface area contributed by atoms with Gasteiger partial charge in [0.2, 0.25) is 0 Å². The normalized spacial score (nSPS) is 13.9. The van der Waals surface area contributed by atoms with Gasteiger partial charge in [-0.15, -0.1) is 0 Å². The van der Waals surface area contributed by atoms with Crippen molar-refractivity contribution in [2.75, 3.05) is 0 Å². The Morgan fingerprint density at radius 1 is 1.45 bits per heavy atom. The Kier molecular flexibility index (Phi) is 2.29. The first-order valence-corrected chi connectivity index (χ1v) is 3.90. The van der Waals surface area contributed by atoms with Crippen molar-refractivity contribution in [1.29, 1.82) is 0 Å². The van der Waals surface area contributed by atoms with Crippen molar-refractivity contribution in [3.8, 4) is 0 Å². The van der Waals surface area contributed by atoms with E-state index in [4.69, 9.17) is 5.73 Å². The van der Waals surface area contributed by atoms with Gasteiger partial charge in [-0.2, -0.15) is 0 Å². The molecule has 0 fully saturated rings. The SMILES string of the molecule is CC(N)c1cncn1C(C)C. The van der Waals surface area contributed by atoms with E-state index in [1.807, 2.05) is 19.4 Å². The van der Waals surface area contributed by atoms with E-state index in [1.54, 1.807) is 0 Å². The minimum atomic E-state index is 0.0694. The summed E-state index contributed by atoms with van der Waals surface area (Å²) >= 11 is 0. The van der Waals surface area contributed by atoms with Gasteiger partial charge in [-0.3, -0.25) is 0 Å². The Bertz CT molecular complexity index is 202. The minimum absolute atomic E-state index is 0.0694. The molecule has 1 aromatic heterocycles. The molecule has 0 spiro atoms. The van der Waals surface area contributed by atoms with Crippen LogP contribution < -0.4 is 5.73 Å². The van der Waals surface area contributed by atoms with E-state index in [1.165, 1.54) is 0 Å². The van der Waals surface area contributed by atoms with Crippen LogP contribution in [0, 0.1) is 0 Å². The summed E-state index contributed by atoms with van der Waals surface area (Å²) in [6, 6.07) is 0.512. The Morgan fingerprint density at radius 2 is 2.09 bits per heavy atom. The topological polar surface area (TPSA) is 43.8 Å². The zero-order valence-corrected chi connectivity index (χ0v) is 7.28. The minimum Gasteiger partial charge on any atom is -0.331 e. The molecule has 0 aliphatic heterocycles. The Labute approximate surface area is 67.2 Å². The van der Waals surface area contributed by atoms with E-state index in [0.717, 1.165) is 5.69 Å². The molecule has 3 heteroatoms. The molecule has 0 saturated carbocycles. The van der Waals surface area contributed by atoms with Crippen LogP contribution in [-0.4, -0.2) is 9.55 Å². The van der Waals surface area contributed by atoms with Crippen molar-refractivity contribution in [2.24, 2.45) is 5.73 Å². The lowest BCUT2D eigenvalue weighted by Crippen LogP contribution is -2.12. The summed E-state index contributed by atoms with van der Waals surface area (Å²) in [4.78, 5) is 4.05. The van der Waals surface area contributed by atoms with Crippen LogP contribution in [0.4, 0.5) is 0 Å². The standard InChI is InChI=1S/C8H15N3/c1-6(2)11-5-10-4-8(11)7(3)9/h4-7H,9H2,1-3H3. The van der Waals surface area contributed by atoms with Crippen molar-refractivity contribution >= 4 is 0 Å². The van der Waals surface area contributed by atoms with Crippen LogP contribution in [0.3, 0.4) is 0 Å². The van der Waals surface area contributed by atoms with Gasteiger partial charge in [0.15, 0.2) is 0 Å². The zero-order valence-electron chi connectivity index (χ0n) is 7.28. The maximum atomic E-state index is 5.74. The summed E-state index contributed by atoms with van der Waals surface area (Å²) in [5, 5.41) is 0. The monoisotopic (exact) mass is 153 g/mol. The van der Waals surface area contributed by atoms with Crippen LogP contribution >= 0.6 is 0 Å². The van der Waals surface area contributed by atoms with Gasteiger partial charge in [0.25, 0.3) is 0 Å². The summed E-state index contributed by atoms with van der Waals surface area (Å²) < 4.78 is 2.09. The van der Waals surface area contributed by atoms with Crippen LogP contribution in [0.2, 0.25) is 0 Å². The summed E-state index contributed by atoms with van der Waals surface area (Å²) in [5.74, 6) is 0. The molecule has 1 aromatic rings. The fourth-order valence-corrected chi connectivity index (χ4v) is 1.10. The molecule has 0 bridgehead atoms. The van der Waals surface area contributed by atoms with Gasteiger partial charge in [0, 0.05) is 18.3 Å². The van der Waals surface area contributed by atoms with Gasteiger partial charge in [-0.25, -0.2) is 4.98 Å². The first kappa shape index (κ1) is 8.27. The number of hydrogen-bond donors (Lipinski definition) is 1. The highest BCUT2D eigenvalue weighted by molar-refractivity contribution is 5.04. The Morgan fingerprint density at radius 3 is 2.45 bits per heavy atom. The van der Waals surface area contributed by atoms with E-state index in [0.29, 0.717) is 6.04 Å². The number of hydrogen-bond acceptors (Lipinski definition) is 2. The smallest absolute Gasteiger partial charge is 0.0951 e. The molecule has 2 N–H and O–H groups in total. The maximum absolute atomic E-state index is 5.74. The first-order valence-electron chi connectivity index (χ1n) is 3.90. The molecular weight excluding hydrogens is 138 g/mol. The van der Waals surface area contributed by atoms with E-state index >= 15 is 0 Å². The molecule has 3 nitrogen and oxygen atoms in total. The summed E-state index contributed by atoms with van der Waals surface area (Å²) in [7, 11) is 0. The third-order valence-electron chi connectivity index (χ3n) is 1.72. The van der Waals surface area contributed by atoms with Crippen LogP contribution in [0.15, 0.2) is 12.5 Å². The second-order valence-corrected chi connectivity index (χ2v) is 3.11. The van der Waals surface area contributed by atoms with Gasteiger partial charge < -0.3 is 10.3 Å². The molecule has 11 heavy (non-hydrogen) atoms. The predicted molar refractivity (Wildman–Crippen MR) is 45.2 cm³/mol. The van der Waals surface area contributed by atoms with Gasteiger partial charge in [0.05, 0.1) is 12.0 Å². The molecule has 0 aliphatic carbocycles. The van der Waals surface area contributed by atoms with Crippen molar-refractivity contribution in [1.82, 2.24) is 9.55 Å². The number of nitrogens with zero attached hydrogens (tertiary/aromatic N) is 2.